The van der Waals surface area contributed by atoms with Crippen LogP contribution < -0.4 is 5.01 Å². The molecule has 150 valence electrons. The number of anilines is 1. The Bertz CT molecular complexity index is 1280. The lowest BCUT2D eigenvalue weighted by molar-refractivity contribution is -0.402. The van der Waals surface area contributed by atoms with Gasteiger partial charge in [0.2, 0.25) is 5.13 Å². The van der Waals surface area contributed by atoms with Crippen molar-refractivity contribution in [2.75, 3.05) is 5.01 Å². The summed E-state index contributed by atoms with van der Waals surface area (Å²) in [6.45, 7) is 1.93. The normalized spacial score (nSPS) is 11.3. The van der Waals surface area contributed by atoms with Crippen molar-refractivity contribution in [2.24, 2.45) is 5.10 Å². The largest absolute Gasteiger partial charge is 0.433 e. The van der Waals surface area contributed by atoms with Crippen molar-refractivity contribution in [3.63, 3.8) is 0 Å². The predicted molar refractivity (Wildman–Crippen MR) is 118 cm³/mol. The molecule has 2 aromatic carbocycles. The molecule has 0 bridgehead atoms. The summed E-state index contributed by atoms with van der Waals surface area (Å²) in [6.07, 6.45) is 1.25. The second kappa shape index (κ2) is 8.17. The Morgan fingerprint density at radius 3 is 2.70 bits per heavy atom. The maximum Gasteiger partial charge on any atom is 0.433 e. The van der Waals surface area contributed by atoms with E-state index in [0.29, 0.717) is 10.7 Å². The summed E-state index contributed by atoms with van der Waals surface area (Å²) in [5, 5.41) is 16.6. The molecule has 0 aliphatic carbocycles. The van der Waals surface area contributed by atoms with Gasteiger partial charge < -0.3 is 4.42 Å². The van der Waals surface area contributed by atoms with Gasteiger partial charge in [-0.05, 0) is 43.3 Å². The van der Waals surface area contributed by atoms with E-state index < -0.39 is 10.8 Å². The minimum atomic E-state index is -0.641. The molecule has 0 unspecified atom stereocenters. The highest BCUT2D eigenvalue weighted by molar-refractivity contribution is 9.10. The standard InChI is InChI=1S/C20H13BrN4O4S/c1-12-2-4-13(5-3-12)19(26)24(22-11-15-7-9-18(29-15)25(27)28)20-23-16-8-6-14(21)10-17(16)30-20/h2-11H,1H3/b22-11+. The monoisotopic (exact) mass is 484 g/mol. The van der Waals surface area contributed by atoms with Gasteiger partial charge in [-0.15, -0.1) is 0 Å². The number of hydrogen-bond acceptors (Lipinski definition) is 7. The first kappa shape index (κ1) is 19.9. The molecule has 0 N–H and O–H groups in total. The smallest absolute Gasteiger partial charge is 0.400 e. The molecule has 0 spiro atoms. The zero-order valence-electron chi connectivity index (χ0n) is 15.5. The highest BCUT2D eigenvalue weighted by Crippen LogP contribution is 2.32. The van der Waals surface area contributed by atoms with E-state index in [1.807, 2.05) is 37.3 Å². The van der Waals surface area contributed by atoms with Crippen LogP contribution in [0.2, 0.25) is 0 Å². The number of carbonyl (C=O) groups excluding carboxylic acids is 1. The molecule has 1 amide bonds. The predicted octanol–water partition coefficient (Wildman–Crippen LogP) is 5.55. The number of nitrogens with zero attached hydrogens (tertiary/aromatic N) is 4. The third-order valence-electron chi connectivity index (χ3n) is 4.10. The van der Waals surface area contributed by atoms with Gasteiger partial charge in [-0.25, -0.2) is 4.98 Å². The van der Waals surface area contributed by atoms with Crippen LogP contribution in [0.3, 0.4) is 0 Å². The average molecular weight is 485 g/mol. The molecular weight excluding hydrogens is 472 g/mol. The minimum Gasteiger partial charge on any atom is -0.400 e. The quantitative estimate of drug-likeness (QED) is 0.210. The molecule has 10 heteroatoms. The number of rotatable bonds is 5. The molecule has 4 aromatic rings. The van der Waals surface area contributed by atoms with E-state index in [0.717, 1.165) is 25.3 Å². The highest BCUT2D eigenvalue weighted by Gasteiger charge is 2.21. The third-order valence-corrected chi connectivity index (χ3v) is 5.59. The second-order valence-corrected chi connectivity index (χ2v) is 8.19. The third kappa shape index (κ3) is 4.14. The SMILES string of the molecule is Cc1ccc(C(=O)N(/N=C/c2ccc([N+](=O)[O-])o2)c2nc3ccc(Br)cc3s2)cc1. The number of furan rings is 1. The molecule has 0 aliphatic rings. The first-order valence-corrected chi connectivity index (χ1v) is 10.3. The number of halogens is 1. The van der Waals surface area contributed by atoms with Crippen molar-refractivity contribution in [3.8, 4) is 0 Å². The second-order valence-electron chi connectivity index (χ2n) is 6.27. The van der Waals surface area contributed by atoms with Crippen molar-refractivity contribution >= 4 is 60.6 Å². The maximum atomic E-state index is 13.2. The van der Waals surface area contributed by atoms with E-state index in [-0.39, 0.29) is 11.7 Å². The molecular formula is C20H13BrN4O4S. The van der Waals surface area contributed by atoms with Gasteiger partial charge in [-0.2, -0.15) is 10.1 Å². The Morgan fingerprint density at radius 2 is 2.00 bits per heavy atom. The molecule has 2 aromatic heterocycles. The van der Waals surface area contributed by atoms with Crippen LogP contribution in [0.25, 0.3) is 10.2 Å². The first-order chi connectivity index (χ1) is 14.4. The zero-order chi connectivity index (χ0) is 21.3. The fraction of sp³-hybridized carbons (Fsp3) is 0.0500. The summed E-state index contributed by atoms with van der Waals surface area (Å²) in [6, 6.07) is 15.3. The van der Waals surface area contributed by atoms with Gasteiger partial charge in [0, 0.05) is 10.0 Å². The highest BCUT2D eigenvalue weighted by atomic mass is 79.9. The molecule has 30 heavy (non-hydrogen) atoms. The van der Waals surface area contributed by atoms with Crippen LogP contribution in [-0.4, -0.2) is 22.0 Å². The molecule has 0 aliphatic heterocycles. The minimum absolute atomic E-state index is 0.146. The van der Waals surface area contributed by atoms with Crippen LogP contribution in [0.4, 0.5) is 11.0 Å². The molecule has 0 radical (unpaired) electrons. The fourth-order valence-corrected chi connectivity index (χ4v) is 4.08. The molecule has 0 saturated carbocycles. The van der Waals surface area contributed by atoms with E-state index in [1.54, 1.807) is 12.1 Å². The Hall–Kier alpha value is -3.37. The number of thiazole rings is 1. The summed E-state index contributed by atoms with van der Waals surface area (Å²) in [4.78, 5) is 27.9. The van der Waals surface area contributed by atoms with Crippen LogP contribution in [0.15, 0.2) is 68.6 Å². The Labute approximate surface area is 182 Å². The average Bonchev–Trinajstić information content (AvgIpc) is 3.35. The van der Waals surface area contributed by atoms with Crippen molar-refractivity contribution < 1.29 is 14.1 Å². The van der Waals surface area contributed by atoms with Crippen LogP contribution in [0, 0.1) is 17.0 Å². The molecule has 4 rings (SSSR count). The van der Waals surface area contributed by atoms with Gasteiger partial charge in [0.1, 0.15) is 4.92 Å². The number of fused-ring (bicyclic) bond motifs is 1. The van der Waals surface area contributed by atoms with Crippen molar-refractivity contribution in [1.29, 1.82) is 0 Å². The summed E-state index contributed by atoms with van der Waals surface area (Å²) >= 11 is 4.73. The van der Waals surface area contributed by atoms with E-state index >= 15 is 0 Å². The van der Waals surface area contributed by atoms with Crippen LogP contribution in [-0.2, 0) is 0 Å². The summed E-state index contributed by atoms with van der Waals surface area (Å²) in [5.41, 5.74) is 2.18. The number of aryl methyl sites for hydroxylation is 1. The summed E-state index contributed by atoms with van der Waals surface area (Å²) in [5.74, 6) is -0.643. The van der Waals surface area contributed by atoms with Crippen LogP contribution in [0.5, 0.6) is 0 Å². The molecule has 0 fully saturated rings. The molecule has 2 heterocycles. The summed E-state index contributed by atoms with van der Waals surface area (Å²) < 4.78 is 6.87. The lowest BCUT2D eigenvalue weighted by atomic mass is 10.1. The zero-order valence-corrected chi connectivity index (χ0v) is 17.9. The van der Waals surface area contributed by atoms with Crippen molar-refractivity contribution in [1.82, 2.24) is 4.98 Å². The number of nitro groups is 1. The van der Waals surface area contributed by atoms with Crippen molar-refractivity contribution in [2.45, 2.75) is 6.92 Å². The Kier molecular flexibility index (Phi) is 5.42. The van der Waals surface area contributed by atoms with E-state index in [4.69, 9.17) is 4.42 Å². The van der Waals surface area contributed by atoms with Gasteiger partial charge in [0.05, 0.1) is 22.5 Å². The van der Waals surface area contributed by atoms with E-state index in [1.165, 1.54) is 29.7 Å². The Balaban J connectivity index is 1.74. The van der Waals surface area contributed by atoms with Gasteiger partial charge in [0.25, 0.3) is 5.91 Å². The number of aromatic nitrogens is 1. The molecule has 0 atom stereocenters. The lowest BCUT2D eigenvalue weighted by Gasteiger charge is -2.13. The number of benzene rings is 2. The number of hydrazone groups is 1. The first-order valence-electron chi connectivity index (χ1n) is 8.66. The molecule has 8 nitrogen and oxygen atoms in total. The number of carbonyl (C=O) groups is 1. The van der Waals surface area contributed by atoms with Crippen molar-refractivity contribution in [3.05, 3.63) is 86.1 Å². The van der Waals surface area contributed by atoms with E-state index in [2.05, 4.69) is 26.0 Å². The van der Waals surface area contributed by atoms with Gasteiger partial charge in [-0.3, -0.25) is 14.9 Å². The summed E-state index contributed by atoms with van der Waals surface area (Å²) in [7, 11) is 0. The number of hydrogen-bond donors (Lipinski definition) is 0. The fourth-order valence-electron chi connectivity index (χ4n) is 2.61. The van der Waals surface area contributed by atoms with E-state index in [9.17, 15) is 14.9 Å². The van der Waals surface area contributed by atoms with Gasteiger partial charge in [-0.1, -0.05) is 45.0 Å². The topological polar surface area (TPSA) is 102 Å². The van der Waals surface area contributed by atoms with Crippen LogP contribution in [0.1, 0.15) is 21.7 Å². The molecule has 0 saturated heterocycles. The number of amides is 1. The van der Waals surface area contributed by atoms with Crippen LogP contribution >= 0.6 is 27.3 Å². The Morgan fingerprint density at radius 1 is 1.23 bits per heavy atom. The maximum absolute atomic E-state index is 13.2. The van der Waals surface area contributed by atoms with Gasteiger partial charge >= 0.3 is 5.88 Å². The van der Waals surface area contributed by atoms with Gasteiger partial charge in [0.15, 0.2) is 5.76 Å². The lowest BCUT2D eigenvalue weighted by Crippen LogP contribution is -2.25.